The molecule has 2 aromatic carbocycles. The molecule has 148 valence electrons. The summed E-state index contributed by atoms with van der Waals surface area (Å²) in [7, 11) is -3.23. The van der Waals surface area contributed by atoms with Crippen LogP contribution < -0.4 is 10.6 Å². The summed E-state index contributed by atoms with van der Waals surface area (Å²) in [6.45, 7) is 3.21. The second-order valence-corrected chi connectivity index (χ2v) is 8.48. The van der Waals surface area contributed by atoms with Gasteiger partial charge >= 0.3 is 0 Å². The molecule has 2 rings (SSSR count). The summed E-state index contributed by atoms with van der Waals surface area (Å²) in [5.74, 6) is -0.0431. The number of nitriles is 1. The second-order valence-electron chi connectivity index (χ2n) is 6.34. The third-order valence-electron chi connectivity index (χ3n) is 3.88. The third-order valence-corrected chi connectivity index (χ3v) is 4.71. The summed E-state index contributed by atoms with van der Waals surface area (Å²) in [6, 6.07) is 13.3. The quantitative estimate of drug-likeness (QED) is 0.548. The van der Waals surface area contributed by atoms with E-state index in [0.717, 1.165) is 11.8 Å². The van der Waals surface area contributed by atoms with Crippen LogP contribution in [0.3, 0.4) is 0 Å². The van der Waals surface area contributed by atoms with Gasteiger partial charge in [0.2, 0.25) is 0 Å². The van der Waals surface area contributed by atoms with Crippen molar-refractivity contribution in [1.29, 1.82) is 5.26 Å². The summed E-state index contributed by atoms with van der Waals surface area (Å²) in [6.07, 6.45) is 1.15. The van der Waals surface area contributed by atoms with Gasteiger partial charge < -0.3 is 10.6 Å². The highest BCUT2D eigenvalue weighted by atomic mass is 32.2. The summed E-state index contributed by atoms with van der Waals surface area (Å²) < 4.78 is 36.9. The fourth-order valence-corrected chi connectivity index (χ4v) is 3.40. The van der Waals surface area contributed by atoms with E-state index in [1.165, 1.54) is 18.2 Å². The first kappa shape index (κ1) is 21.4. The van der Waals surface area contributed by atoms with E-state index in [4.69, 9.17) is 5.26 Å². The topological polar surface area (TPSA) is 94.3 Å². The molecule has 0 fully saturated rings. The molecule has 0 aliphatic heterocycles. The molecule has 0 saturated carbocycles. The maximum absolute atomic E-state index is 13.6. The van der Waals surface area contributed by atoms with Crippen molar-refractivity contribution in [3.8, 4) is 6.07 Å². The van der Waals surface area contributed by atoms with Crippen LogP contribution in [0.25, 0.3) is 0 Å². The minimum Gasteiger partial charge on any atom is -0.357 e. The predicted octanol–water partition coefficient (Wildman–Crippen LogP) is 2.50. The molecular weight excluding hydrogens is 379 g/mol. The van der Waals surface area contributed by atoms with Crippen molar-refractivity contribution < 1.29 is 12.8 Å². The van der Waals surface area contributed by atoms with Gasteiger partial charge in [-0.25, -0.2) is 17.8 Å². The van der Waals surface area contributed by atoms with E-state index in [1.54, 1.807) is 12.1 Å². The monoisotopic (exact) mass is 402 g/mol. The van der Waals surface area contributed by atoms with E-state index in [2.05, 4.69) is 21.7 Å². The van der Waals surface area contributed by atoms with Gasteiger partial charge in [0.15, 0.2) is 15.8 Å². The number of sulfone groups is 1. The molecule has 0 aliphatic carbocycles. The van der Waals surface area contributed by atoms with Crippen LogP contribution >= 0.6 is 0 Å². The first-order chi connectivity index (χ1) is 13.3. The van der Waals surface area contributed by atoms with Crippen molar-refractivity contribution >= 4 is 15.8 Å². The number of nitrogens with one attached hydrogen (secondary N) is 2. The number of hydrogen-bond acceptors (Lipinski definition) is 4. The number of halogens is 1. The fraction of sp³-hybridized carbons (Fsp3) is 0.300. The highest BCUT2D eigenvalue weighted by Crippen LogP contribution is 2.14. The van der Waals surface area contributed by atoms with Crippen molar-refractivity contribution in [3.63, 3.8) is 0 Å². The standard InChI is InChI=1S/C20H23FN4O2S/c1-3-23-20(24-12-16-6-4-15(11-22)5-7-16)25-13-18-10-19(21)9-8-17(18)14-28(2,26)27/h4-10H,3,12-14H2,1-2H3,(H2,23,24,25). The SMILES string of the molecule is CCNC(=NCc1ccc(C#N)cc1)NCc1cc(F)ccc1CS(C)(=O)=O. The molecule has 2 N–H and O–H groups in total. The number of hydrogen-bond donors (Lipinski definition) is 2. The summed E-state index contributed by atoms with van der Waals surface area (Å²) in [5, 5.41) is 15.1. The van der Waals surface area contributed by atoms with Crippen LogP contribution in [0.5, 0.6) is 0 Å². The lowest BCUT2D eigenvalue weighted by molar-refractivity contribution is 0.599. The Balaban J connectivity index is 2.12. The van der Waals surface area contributed by atoms with E-state index >= 15 is 0 Å². The molecule has 2 aromatic rings. The number of benzene rings is 2. The molecule has 8 heteroatoms. The Morgan fingerprint density at radius 3 is 2.46 bits per heavy atom. The van der Waals surface area contributed by atoms with Crippen molar-refractivity contribution in [2.75, 3.05) is 12.8 Å². The number of nitrogens with zero attached hydrogens (tertiary/aromatic N) is 2. The Bertz CT molecular complexity index is 980. The third kappa shape index (κ3) is 7.00. The Kier molecular flexibility index (Phi) is 7.52. The smallest absolute Gasteiger partial charge is 0.191 e. The van der Waals surface area contributed by atoms with Crippen LogP contribution in [0.15, 0.2) is 47.5 Å². The van der Waals surface area contributed by atoms with Crippen LogP contribution in [-0.4, -0.2) is 27.2 Å². The fourth-order valence-electron chi connectivity index (χ4n) is 2.56. The van der Waals surface area contributed by atoms with Crippen molar-refractivity contribution in [3.05, 3.63) is 70.5 Å². The Hall–Kier alpha value is -2.92. The molecule has 28 heavy (non-hydrogen) atoms. The zero-order valence-electron chi connectivity index (χ0n) is 15.9. The van der Waals surface area contributed by atoms with Crippen LogP contribution in [0, 0.1) is 17.1 Å². The molecule has 0 saturated heterocycles. The first-order valence-electron chi connectivity index (χ1n) is 8.77. The second kappa shape index (κ2) is 9.85. The largest absolute Gasteiger partial charge is 0.357 e. The molecule has 0 unspecified atom stereocenters. The van der Waals surface area contributed by atoms with Crippen LogP contribution in [0.2, 0.25) is 0 Å². The maximum atomic E-state index is 13.6. The normalized spacial score (nSPS) is 11.7. The van der Waals surface area contributed by atoms with Gasteiger partial charge in [-0.15, -0.1) is 0 Å². The molecular formula is C20H23FN4O2S. The minimum absolute atomic E-state index is 0.150. The van der Waals surface area contributed by atoms with Gasteiger partial charge in [0, 0.05) is 19.3 Å². The summed E-state index contributed by atoms with van der Waals surface area (Å²) in [5.41, 5.74) is 2.65. The lowest BCUT2D eigenvalue weighted by Gasteiger charge is -2.14. The van der Waals surface area contributed by atoms with Gasteiger partial charge in [-0.3, -0.25) is 0 Å². The van der Waals surface area contributed by atoms with Gasteiger partial charge in [0.1, 0.15) is 5.82 Å². The van der Waals surface area contributed by atoms with Gasteiger partial charge in [-0.1, -0.05) is 18.2 Å². The van der Waals surface area contributed by atoms with Crippen molar-refractivity contribution in [2.45, 2.75) is 25.8 Å². The van der Waals surface area contributed by atoms with Crippen molar-refractivity contribution in [2.24, 2.45) is 4.99 Å². The number of guanidine groups is 1. The molecule has 0 aliphatic rings. The highest BCUT2D eigenvalue weighted by molar-refractivity contribution is 7.89. The zero-order valence-corrected chi connectivity index (χ0v) is 16.7. The van der Waals surface area contributed by atoms with Gasteiger partial charge in [-0.2, -0.15) is 5.26 Å². The Morgan fingerprint density at radius 2 is 1.86 bits per heavy atom. The summed E-state index contributed by atoms with van der Waals surface area (Å²) >= 11 is 0. The molecule has 0 spiro atoms. The van der Waals surface area contributed by atoms with E-state index < -0.39 is 15.7 Å². The average Bonchev–Trinajstić information content (AvgIpc) is 2.65. The summed E-state index contributed by atoms with van der Waals surface area (Å²) in [4.78, 5) is 4.48. The van der Waals surface area contributed by atoms with Gasteiger partial charge in [-0.05, 0) is 47.9 Å². The first-order valence-corrected chi connectivity index (χ1v) is 10.8. The molecule has 0 heterocycles. The molecule has 6 nitrogen and oxygen atoms in total. The lowest BCUT2D eigenvalue weighted by atomic mass is 10.1. The van der Waals surface area contributed by atoms with E-state index in [9.17, 15) is 12.8 Å². The van der Waals surface area contributed by atoms with Gasteiger partial charge in [0.05, 0.1) is 23.9 Å². The van der Waals surface area contributed by atoms with Crippen molar-refractivity contribution in [1.82, 2.24) is 10.6 Å². The van der Waals surface area contributed by atoms with E-state index in [0.29, 0.717) is 35.7 Å². The zero-order chi connectivity index (χ0) is 20.6. The van der Waals surface area contributed by atoms with Crippen LogP contribution in [0.4, 0.5) is 4.39 Å². The molecule has 0 atom stereocenters. The molecule has 0 aromatic heterocycles. The minimum atomic E-state index is -3.23. The van der Waals surface area contributed by atoms with E-state index in [1.807, 2.05) is 19.1 Å². The Labute approximate surface area is 165 Å². The average molecular weight is 402 g/mol. The Morgan fingerprint density at radius 1 is 1.14 bits per heavy atom. The molecule has 0 bridgehead atoms. The number of aliphatic imine (C=N–C) groups is 1. The highest BCUT2D eigenvalue weighted by Gasteiger charge is 2.11. The van der Waals surface area contributed by atoms with E-state index in [-0.39, 0.29) is 12.3 Å². The van der Waals surface area contributed by atoms with Gasteiger partial charge in [0.25, 0.3) is 0 Å². The number of rotatable bonds is 7. The van der Waals surface area contributed by atoms with Crippen LogP contribution in [0.1, 0.15) is 29.2 Å². The maximum Gasteiger partial charge on any atom is 0.191 e. The van der Waals surface area contributed by atoms with Crippen LogP contribution in [-0.2, 0) is 28.7 Å². The molecule has 0 radical (unpaired) electrons. The molecule has 0 amide bonds. The lowest BCUT2D eigenvalue weighted by Crippen LogP contribution is -2.37. The predicted molar refractivity (Wildman–Crippen MR) is 108 cm³/mol.